The first-order valence-electron chi connectivity index (χ1n) is 8.90. The normalized spacial score (nSPS) is 19.1. The zero-order valence-corrected chi connectivity index (χ0v) is 15.4. The third-order valence-corrected chi connectivity index (χ3v) is 4.71. The molecule has 29 heavy (non-hydrogen) atoms. The molecule has 2 N–H and O–H groups in total. The van der Waals surface area contributed by atoms with Crippen molar-refractivity contribution in [3.05, 3.63) is 24.3 Å². The van der Waals surface area contributed by atoms with Crippen molar-refractivity contribution >= 4 is 17.8 Å². The predicted molar refractivity (Wildman–Crippen MR) is 96.1 cm³/mol. The molecule has 154 valence electrons. The number of carbonyl (C=O) groups excluding carboxylic acids is 2. The molecule has 4 rings (SSSR count). The molecule has 1 fully saturated rings. The summed E-state index contributed by atoms with van der Waals surface area (Å²) in [4.78, 5) is 24.0. The van der Waals surface area contributed by atoms with Crippen LogP contribution in [0.5, 0.6) is 11.5 Å². The summed E-state index contributed by atoms with van der Waals surface area (Å²) < 4.78 is 44.1. The van der Waals surface area contributed by atoms with Gasteiger partial charge in [0.1, 0.15) is 30.8 Å². The molecule has 1 saturated heterocycles. The van der Waals surface area contributed by atoms with E-state index in [4.69, 9.17) is 19.9 Å². The van der Waals surface area contributed by atoms with Gasteiger partial charge in [0, 0.05) is 17.7 Å². The number of ether oxygens (including phenoxy) is 3. The maximum absolute atomic E-state index is 13.3. The van der Waals surface area contributed by atoms with Crippen molar-refractivity contribution in [2.24, 2.45) is 5.73 Å². The molecule has 0 bridgehead atoms. The molecule has 2 aliphatic heterocycles. The Bertz CT molecular complexity index is 964. The standard InChI is InChI=1S/C18H18F2N4O5/c1-9(17(21)25)29-10-2-3-11-12-7-15(22-23(12)4-5-27-14(11)6-10)24-13(16(19)20)8-28-18(24)26/h2-3,6-7,9,13,16H,4-5,8H2,1H3,(H2,21,25)/t9?,13-/m0/s1. The fraction of sp³-hybridized carbons (Fsp3) is 0.389. The van der Waals surface area contributed by atoms with Gasteiger partial charge in [0.15, 0.2) is 11.9 Å². The number of aromatic nitrogens is 2. The molecule has 2 aromatic rings. The minimum absolute atomic E-state index is 0.0864. The maximum Gasteiger partial charge on any atom is 0.416 e. The van der Waals surface area contributed by atoms with E-state index in [1.54, 1.807) is 28.9 Å². The van der Waals surface area contributed by atoms with Crippen LogP contribution in [0.3, 0.4) is 0 Å². The van der Waals surface area contributed by atoms with Crippen molar-refractivity contribution < 1.29 is 32.6 Å². The number of cyclic esters (lactones) is 1. The second kappa shape index (κ2) is 7.22. The molecular formula is C18H18F2N4O5. The van der Waals surface area contributed by atoms with Crippen LogP contribution < -0.4 is 20.1 Å². The number of rotatable bonds is 5. The summed E-state index contributed by atoms with van der Waals surface area (Å²) in [6, 6.07) is 5.11. The molecule has 2 atom stereocenters. The summed E-state index contributed by atoms with van der Waals surface area (Å²) in [6.45, 7) is 1.75. The van der Waals surface area contributed by atoms with Crippen molar-refractivity contribution in [1.82, 2.24) is 9.78 Å². The monoisotopic (exact) mass is 408 g/mol. The van der Waals surface area contributed by atoms with Crippen LogP contribution in [0.4, 0.5) is 19.4 Å². The highest BCUT2D eigenvalue weighted by Crippen LogP contribution is 2.38. The van der Waals surface area contributed by atoms with E-state index in [-0.39, 0.29) is 12.4 Å². The molecule has 0 aliphatic carbocycles. The van der Waals surface area contributed by atoms with E-state index >= 15 is 0 Å². The quantitative estimate of drug-likeness (QED) is 0.808. The molecular weight excluding hydrogens is 390 g/mol. The van der Waals surface area contributed by atoms with Gasteiger partial charge in [-0.15, -0.1) is 0 Å². The zero-order chi connectivity index (χ0) is 20.7. The van der Waals surface area contributed by atoms with E-state index in [0.717, 1.165) is 4.90 Å². The van der Waals surface area contributed by atoms with Gasteiger partial charge in [0.2, 0.25) is 0 Å². The van der Waals surface area contributed by atoms with E-state index in [1.165, 1.54) is 6.92 Å². The number of halogens is 2. The van der Waals surface area contributed by atoms with Gasteiger partial charge < -0.3 is 19.9 Å². The third kappa shape index (κ3) is 3.43. The lowest BCUT2D eigenvalue weighted by Crippen LogP contribution is -2.39. The highest BCUT2D eigenvalue weighted by atomic mass is 19.3. The van der Waals surface area contributed by atoms with Gasteiger partial charge in [0.25, 0.3) is 12.3 Å². The number of hydrogen-bond acceptors (Lipinski definition) is 6. The first-order valence-corrected chi connectivity index (χ1v) is 8.90. The Morgan fingerprint density at radius 2 is 2.14 bits per heavy atom. The first kappa shape index (κ1) is 19.0. The number of fused-ring (bicyclic) bond motifs is 3. The molecule has 9 nitrogen and oxygen atoms in total. The van der Waals surface area contributed by atoms with Gasteiger partial charge in [-0.1, -0.05) is 0 Å². The number of hydrogen-bond donors (Lipinski definition) is 1. The van der Waals surface area contributed by atoms with Gasteiger partial charge in [-0.25, -0.2) is 18.5 Å². The van der Waals surface area contributed by atoms with E-state index in [9.17, 15) is 18.4 Å². The predicted octanol–water partition coefficient (Wildman–Crippen LogP) is 1.79. The Balaban J connectivity index is 1.68. The van der Waals surface area contributed by atoms with Crippen LogP contribution in [-0.2, 0) is 16.1 Å². The Morgan fingerprint density at radius 1 is 1.34 bits per heavy atom. The molecule has 0 saturated carbocycles. The molecule has 1 unspecified atom stereocenters. The Labute approximate surface area is 163 Å². The molecule has 1 aromatic heterocycles. The van der Waals surface area contributed by atoms with Gasteiger partial charge in [-0.3, -0.25) is 9.48 Å². The second-order valence-corrected chi connectivity index (χ2v) is 6.63. The van der Waals surface area contributed by atoms with Crippen LogP contribution in [0.2, 0.25) is 0 Å². The molecule has 1 aromatic carbocycles. The topological polar surface area (TPSA) is 109 Å². The molecule has 0 radical (unpaired) electrons. The van der Waals surface area contributed by atoms with Crippen molar-refractivity contribution in [1.29, 1.82) is 0 Å². The number of carbonyl (C=O) groups is 2. The SMILES string of the molecule is CC(Oc1ccc2c(c1)OCCn1nc(N3C(=O)OC[C@H]3C(F)F)cc1-2)C(N)=O. The van der Waals surface area contributed by atoms with E-state index in [2.05, 4.69) is 5.10 Å². The number of anilines is 1. The van der Waals surface area contributed by atoms with E-state index < -0.39 is 37.2 Å². The van der Waals surface area contributed by atoms with E-state index in [0.29, 0.717) is 29.3 Å². The highest BCUT2D eigenvalue weighted by Gasteiger charge is 2.42. The van der Waals surface area contributed by atoms with Crippen LogP contribution in [-0.4, -0.2) is 53.6 Å². The summed E-state index contributed by atoms with van der Waals surface area (Å²) in [6.07, 6.45) is -4.43. The number of nitrogens with two attached hydrogens (primary N) is 1. The first-order chi connectivity index (χ1) is 13.8. The largest absolute Gasteiger partial charge is 0.491 e. The molecule has 3 heterocycles. The fourth-order valence-corrected chi connectivity index (χ4v) is 3.20. The van der Waals surface area contributed by atoms with E-state index in [1.807, 2.05) is 0 Å². The molecule has 0 spiro atoms. The fourth-order valence-electron chi connectivity index (χ4n) is 3.20. The summed E-state index contributed by atoms with van der Waals surface area (Å²) in [5.41, 5.74) is 6.45. The summed E-state index contributed by atoms with van der Waals surface area (Å²) in [5, 5.41) is 4.30. The molecule has 2 aliphatic rings. The lowest BCUT2D eigenvalue weighted by atomic mass is 10.1. The van der Waals surface area contributed by atoms with Crippen molar-refractivity contribution in [2.75, 3.05) is 18.1 Å². The second-order valence-electron chi connectivity index (χ2n) is 6.63. The van der Waals surface area contributed by atoms with Gasteiger partial charge in [-0.2, -0.15) is 5.10 Å². The Hall–Kier alpha value is -3.37. The van der Waals surface area contributed by atoms with Crippen LogP contribution >= 0.6 is 0 Å². The minimum Gasteiger partial charge on any atom is -0.491 e. The average Bonchev–Trinajstić information content (AvgIpc) is 3.21. The summed E-state index contributed by atoms with van der Waals surface area (Å²) >= 11 is 0. The number of primary amides is 1. The lowest BCUT2D eigenvalue weighted by Gasteiger charge is -2.17. The molecule has 11 heteroatoms. The number of amides is 2. The average molecular weight is 408 g/mol. The van der Waals surface area contributed by atoms with Crippen molar-refractivity contribution in [3.8, 4) is 22.8 Å². The number of nitrogens with zero attached hydrogens (tertiary/aromatic N) is 3. The maximum atomic E-state index is 13.3. The van der Waals surface area contributed by atoms with Gasteiger partial charge in [-0.05, 0) is 19.1 Å². The summed E-state index contributed by atoms with van der Waals surface area (Å²) in [7, 11) is 0. The Kier molecular flexibility index (Phi) is 4.73. The number of benzene rings is 1. The highest BCUT2D eigenvalue weighted by molar-refractivity contribution is 5.90. The van der Waals surface area contributed by atoms with Crippen molar-refractivity contribution in [2.45, 2.75) is 32.0 Å². The van der Waals surface area contributed by atoms with Gasteiger partial charge in [0.05, 0.1) is 12.2 Å². The third-order valence-electron chi connectivity index (χ3n) is 4.71. The van der Waals surface area contributed by atoms with Crippen LogP contribution in [0.1, 0.15) is 6.92 Å². The van der Waals surface area contributed by atoms with Gasteiger partial charge >= 0.3 is 6.09 Å². The molecule has 2 amide bonds. The smallest absolute Gasteiger partial charge is 0.416 e. The minimum atomic E-state index is -2.76. The van der Waals surface area contributed by atoms with Crippen LogP contribution in [0, 0.1) is 0 Å². The zero-order valence-electron chi connectivity index (χ0n) is 15.4. The number of alkyl halides is 2. The van der Waals surface area contributed by atoms with Crippen LogP contribution in [0.15, 0.2) is 24.3 Å². The lowest BCUT2D eigenvalue weighted by molar-refractivity contribution is -0.123. The Morgan fingerprint density at radius 3 is 2.86 bits per heavy atom. The summed E-state index contributed by atoms with van der Waals surface area (Å²) in [5.74, 6) is 0.348. The van der Waals surface area contributed by atoms with Crippen molar-refractivity contribution in [3.63, 3.8) is 0 Å². The van der Waals surface area contributed by atoms with Crippen LogP contribution in [0.25, 0.3) is 11.3 Å².